The number of pyridine rings is 1. The fraction of sp³-hybridized carbons (Fsp3) is 0.375. The molecule has 1 rings (SSSR count). The minimum atomic E-state index is -4.97. The number of nitrogens with zero attached hydrogens (tertiary/aromatic N) is 1. The lowest BCUT2D eigenvalue weighted by atomic mass is 10.1. The Kier molecular flexibility index (Phi) is 4.47. The number of alkyl halides is 5. The summed E-state index contributed by atoms with van der Waals surface area (Å²) in [5.74, 6) is -0.922. The van der Waals surface area contributed by atoms with Gasteiger partial charge in [0.25, 0.3) is 6.43 Å². The van der Waals surface area contributed by atoms with Gasteiger partial charge in [-0.1, -0.05) is 0 Å². The van der Waals surface area contributed by atoms with Crippen molar-refractivity contribution in [3.05, 3.63) is 20.9 Å². The molecule has 0 unspecified atom stereocenters. The molecule has 9 heteroatoms. The third-order valence-electron chi connectivity index (χ3n) is 1.74. The molecule has 1 aromatic heterocycles. The average molecular weight is 368 g/mol. The molecule has 1 aromatic rings. The van der Waals surface area contributed by atoms with Crippen molar-refractivity contribution in [2.45, 2.75) is 19.3 Å². The second-order valence-corrected chi connectivity index (χ2v) is 3.89. The second kappa shape index (κ2) is 5.29. The van der Waals surface area contributed by atoms with Gasteiger partial charge in [-0.2, -0.15) is 0 Å². The molecule has 0 saturated carbocycles. The van der Waals surface area contributed by atoms with Crippen LogP contribution in [0.25, 0.3) is 0 Å². The molecule has 0 aliphatic rings. The van der Waals surface area contributed by atoms with Gasteiger partial charge in [0.2, 0.25) is 5.88 Å². The van der Waals surface area contributed by atoms with Crippen molar-refractivity contribution < 1.29 is 26.7 Å². The quantitative estimate of drug-likeness (QED) is 0.507. The maximum atomic E-state index is 12.6. The average Bonchev–Trinajstić information content (AvgIpc) is 2.13. The SMILES string of the molecule is NCc1c(C(F)F)cc(OC(F)(F)F)nc1I. The predicted molar refractivity (Wildman–Crippen MR) is 56.5 cm³/mol. The summed E-state index contributed by atoms with van der Waals surface area (Å²) in [6.45, 7) is -0.239. The highest BCUT2D eigenvalue weighted by molar-refractivity contribution is 14.1. The van der Waals surface area contributed by atoms with Crippen LogP contribution >= 0.6 is 22.6 Å². The number of halogens is 6. The first-order valence-electron chi connectivity index (χ1n) is 4.18. The minimum Gasteiger partial charge on any atom is -0.388 e. The molecule has 17 heavy (non-hydrogen) atoms. The van der Waals surface area contributed by atoms with Gasteiger partial charge in [-0.15, -0.1) is 13.2 Å². The van der Waals surface area contributed by atoms with Crippen molar-refractivity contribution in [2.75, 3.05) is 0 Å². The maximum Gasteiger partial charge on any atom is 0.574 e. The van der Waals surface area contributed by atoms with E-state index in [1.54, 1.807) is 0 Å². The summed E-state index contributed by atoms with van der Waals surface area (Å²) >= 11 is 1.52. The summed E-state index contributed by atoms with van der Waals surface area (Å²) in [6, 6.07) is 0.544. The Labute approximate surface area is 106 Å². The molecular formula is C8H6F5IN2O. The molecule has 3 nitrogen and oxygen atoms in total. The van der Waals surface area contributed by atoms with Gasteiger partial charge in [-0.3, -0.25) is 0 Å². The van der Waals surface area contributed by atoms with Gasteiger partial charge in [0, 0.05) is 23.7 Å². The summed E-state index contributed by atoms with van der Waals surface area (Å²) in [4.78, 5) is 3.40. The van der Waals surface area contributed by atoms with Crippen LogP contribution in [-0.2, 0) is 6.54 Å². The van der Waals surface area contributed by atoms with Crippen LogP contribution in [0.4, 0.5) is 22.0 Å². The van der Waals surface area contributed by atoms with Gasteiger partial charge in [0.15, 0.2) is 0 Å². The Balaban J connectivity index is 3.20. The molecule has 0 bridgehead atoms. The van der Waals surface area contributed by atoms with E-state index in [1.807, 2.05) is 0 Å². The van der Waals surface area contributed by atoms with Crippen molar-refractivity contribution >= 4 is 22.6 Å². The lowest BCUT2D eigenvalue weighted by Gasteiger charge is -2.13. The van der Waals surface area contributed by atoms with Gasteiger partial charge in [0.1, 0.15) is 3.70 Å². The van der Waals surface area contributed by atoms with Crippen LogP contribution in [0.15, 0.2) is 6.07 Å². The Morgan fingerprint density at radius 2 is 2.00 bits per heavy atom. The molecule has 2 N–H and O–H groups in total. The van der Waals surface area contributed by atoms with Crippen LogP contribution in [-0.4, -0.2) is 11.3 Å². The van der Waals surface area contributed by atoms with E-state index < -0.39 is 24.2 Å². The normalized spacial score (nSPS) is 12.0. The molecule has 0 spiro atoms. The fourth-order valence-corrected chi connectivity index (χ4v) is 1.87. The number of ether oxygens (including phenoxy) is 1. The third kappa shape index (κ3) is 3.91. The van der Waals surface area contributed by atoms with Crippen LogP contribution in [0.2, 0.25) is 0 Å². The largest absolute Gasteiger partial charge is 0.574 e. The molecule has 96 valence electrons. The van der Waals surface area contributed by atoms with E-state index in [1.165, 1.54) is 22.6 Å². The van der Waals surface area contributed by atoms with Crippen molar-refractivity contribution in [1.82, 2.24) is 4.98 Å². The number of rotatable bonds is 3. The first-order chi connectivity index (χ1) is 7.74. The Morgan fingerprint density at radius 3 is 2.41 bits per heavy atom. The smallest absolute Gasteiger partial charge is 0.388 e. The lowest BCUT2D eigenvalue weighted by Crippen LogP contribution is -2.19. The van der Waals surface area contributed by atoms with E-state index in [4.69, 9.17) is 5.73 Å². The maximum absolute atomic E-state index is 12.6. The number of hydrogen-bond donors (Lipinski definition) is 1. The molecule has 0 fully saturated rings. The van der Waals surface area contributed by atoms with Gasteiger partial charge >= 0.3 is 6.36 Å². The first kappa shape index (κ1) is 14.4. The molecule has 0 radical (unpaired) electrons. The van der Waals surface area contributed by atoms with Crippen molar-refractivity contribution in [3.8, 4) is 5.88 Å². The Hall–Kier alpha value is -0.710. The van der Waals surface area contributed by atoms with Crippen molar-refractivity contribution in [2.24, 2.45) is 5.73 Å². The molecule has 0 saturated heterocycles. The Bertz CT molecular complexity index is 410. The number of aromatic nitrogens is 1. The van der Waals surface area contributed by atoms with Crippen LogP contribution in [0, 0.1) is 3.70 Å². The van der Waals surface area contributed by atoms with E-state index in [0.717, 1.165) is 0 Å². The van der Waals surface area contributed by atoms with E-state index in [0.29, 0.717) is 6.07 Å². The number of nitrogens with two attached hydrogens (primary N) is 1. The molecular weight excluding hydrogens is 362 g/mol. The van der Waals surface area contributed by atoms with Gasteiger partial charge < -0.3 is 10.5 Å². The second-order valence-electron chi connectivity index (χ2n) is 2.87. The van der Waals surface area contributed by atoms with Crippen LogP contribution in [0.5, 0.6) is 5.88 Å². The molecule has 1 heterocycles. The topological polar surface area (TPSA) is 48.1 Å². The zero-order valence-corrected chi connectivity index (χ0v) is 10.2. The number of hydrogen-bond acceptors (Lipinski definition) is 3. The van der Waals surface area contributed by atoms with Gasteiger partial charge in [0.05, 0.1) is 0 Å². The predicted octanol–water partition coefficient (Wildman–Crippen LogP) is 2.98. The lowest BCUT2D eigenvalue weighted by molar-refractivity contribution is -0.276. The summed E-state index contributed by atoms with van der Waals surface area (Å²) in [6.07, 6.45) is -7.92. The Morgan fingerprint density at radius 1 is 1.41 bits per heavy atom. The van der Waals surface area contributed by atoms with Gasteiger partial charge in [-0.25, -0.2) is 13.8 Å². The zero-order valence-electron chi connectivity index (χ0n) is 8.06. The van der Waals surface area contributed by atoms with Crippen LogP contribution < -0.4 is 10.5 Å². The summed E-state index contributed by atoms with van der Waals surface area (Å²) in [5, 5.41) is 0. The van der Waals surface area contributed by atoms with E-state index in [-0.39, 0.29) is 15.8 Å². The fourth-order valence-electron chi connectivity index (χ4n) is 1.10. The van der Waals surface area contributed by atoms with E-state index in [2.05, 4.69) is 9.72 Å². The highest BCUT2D eigenvalue weighted by Gasteiger charge is 2.32. The van der Waals surface area contributed by atoms with Crippen molar-refractivity contribution in [1.29, 1.82) is 0 Å². The van der Waals surface area contributed by atoms with E-state index in [9.17, 15) is 22.0 Å². The van der Waals surface area contributed by atoms with Gasteiger partial charge in [-0.05, 0) is 22.6 Å². The van der Waals surface area contributed by atoms with Crippen molar-refractivity contribution in [3.63, 3.8) is 0 Å². The van der Waals surface area contributed by atoms with Crippen LogP contribution in [0.1, 0.15) is 17.6 Å². The molecule has 0 amide bonds. The minimum absolute atomic E-state index is 0.00937. The summed E-state index contributed by atoms with van der Waals surface area (Å²) < 4.78 is 64.3. The molecule has 0 aliphatic carbocycles. The zero-order chi connectivity index (χ0) is 13.2. The van der Waals surface area contributed by atoms with Crippen LogP contribution in [0.3, 0.4) is 0 Å². The first-order valence-corrected chi connectivity index (χ1v) is 5.25. The monoisotopic (exact) mass is 368 g/mol. The standard InChI is InChI=1S/C8H6F5IN2O/c9-6(10)3-1-5(17-8(11,12)13)16-7(14)4(3)2-15/h1,6H,2,15H2. The summed E-state index contributed by atoms with van der Waals surface area (Å²) in [7, 11) is 0. The third-order valence-corrected chi connectivity index (χ3v) is 2.64. The highest BCUT2D eigenvalue weighted by atomic mass is 127. The summed E-state index contributed by atoms with van der Waals surface area (Å²) in [5.41, 5.74) is 4.63. The molecule has 0 aliphatic heterocycles. The molecule has 0 aromatic carbocycles. The van der Waals surface area contributed by atoms with E-state index >= 15 is 0 Å². The molecule has 0 atom stereocenters. The highest BCUT2D eigenvalue weighted by Crippen LogP contribution is 2.30.